The molecule has 0 aliphatic rings. The average molecular weight is 466 g/mol. The lowest BCUT2D eigenvalue weighted by Crippen LogP contribution is -2.41. The minimum Gasteiger partial charge on any atom is -0.452 e. The Morgan fingerprint density at radius 1 is 1.10 bits per heavy atom. The molecule has 11 heteroatoms. The quantitative estimate of drug-likeness (QED) is 0.383. The normalized spacial score (nSPS) is 10.7. The van der Waals surface area contributed by atoms with Gasteiger partial charge in [0, 0.05) is 13.1 Å². The van der Waals surface area contributed by atoms with E-state index in [2.05, 4.69) is 16.6 Å². The fourth-order valence-electron chi connectivity index (χ4n) is 2.27. The summed E-state index contributed by atoms with van der Waals surface area (Å²) >= 11 is 6.01. The lowest BCUT2D eigenvalue weighted by molar-refractivity contribution is -0.123. The fraction of sp³-hybridized carbons (Fsp3) is 0.150. The number of hydrogen-bond acceptors (Lipinski definition) is 6. The Hall–Kier alpha value is -3.21. The van der Waals surface area contributed by atoms with Crippen LogP contribution in [0.5, 0.6) is 0 Å². The van der Waals surface area contributed by atoms with Crippen LogP contribution in [-0.2, 0) is 26.1 Å². The average Bonchev–Trinajstić information content (AvgIpc) is 2.75. The third kappa shape index (κ3) is 7.52. The molecule has 3 amide bonds. The molecule has 0 radical (unpaired) electrons. The van der Waals surface area contributed by atoms with Crippen LogP contribution in [0.15, 0.2) is 66.1 Å². The number of amides is 3. The van der Waals surface area contributed by atoms with Crippen LogP contribution in [0, 0.1) is 0 Å². The molecule has 31 heavy (non-hydrogen) atoms. The minimum absolute atomic E-state index is 0.0300. The lowest BCUT2D eigenvalue weighted by Gasteiger charge is -2.10. The Morgan fingerprint density at radius 3 is 2.48 bits per heavy atom. The van der Waals surface area contributed by atoms with Gasteiger partial charge in [-0.3, -0.25) is 10.1 Å². The number of hydrogen-bond donors (Lipinski definition) is 3. The number of esters is 1. The van der Waals surface area contributed by atoms with Crippen molar-refractivity contribution in [2.75, 3.05) is 13.2 Å². The molecule has 3 N–H and O–H groups in total. The van der Waals surface area contributed by atoms with Crippen LogP contribution >= 0.6 is 11.6 Å². The number of urea groups is 1. The maximum Gasteiger partial charge on any atom is 0.338 e. The highest BCUT2D eigenvalue weighted by atomic mass is 35.5. The van der Waals surface area contributed by atoms with Crippen molar-refractivity contribution in [3.8, 4) is 0 Å². The standard InChI is InChI=1S/C20H20ClN3O6S/c1-2-10-22-20(27)24-18(25)13-30-19(26)15-8-9-16(21)17(11-15)31(28,29)23-12-14-6-4-3-5-7-14/h2-9,11,23H,1,10,12-13H2,(H2,22,24,25,27). The summed E-state index contributed by atoms with van der Waals surface area (Å²) in [6.07, 6.45) is 1.42. The van der Waals surface area contributed by atoms with E-state index in [4.69, 9.17) is 16.3 Å². The molecule has 2 rings (SSSR count). The first-order valence-electron chi connectivity index (χ1n) is 8.92. The summed E-state index contributed by atoms with van der Waals surface area (Å²) in [5, 5.41) is 4.19. The van der Waals surface area contributed by atoms with Crippen LogP contribution in [0.2, 0.25) is 5.02 Å². The van der Waals surface area contributed by atoms with Crippen molar-refractivity contribution >= 4 is 39.5 Å². The van der Waals surface area contributed by atoms with Gasteiger partial charge in [0.05, 0.1) is 10.6 Å². The van der Waals surface area contributed by atoms with Crippen LogP contribution in [0.3, 0.4) is 0 Å². The smallest absolute Gasteiger partial charge is 0.338 e. The SMILES string of the molecule is C=CCNC(=O)NC(=O)COC(=O)c1ccc(Cl)c(S(=O)(=O)NCc2ccccc2)c1. The number of carbonyl (C=O) groups excluding carboxylic acids is 3. The number of nitrogens with one attached hydrogen (secondary N) is 3. The van der Waals surface area contributed by atoms with Crippen molar-refractivity contribution in [1.82, 2.24) is 15.4 Å². The highest BCUT2D eigenvalue weighted by Gasteiger charge is 2.21. The van der Waals surface area contributed by atoms with Crippen molar-refractivity contribution in [3.05, 3.63) is 77.3 Å². The Labute approximate surface area is 184 Å². The van der Waals surface area contributed by atoms with Crippen LogP contribution in [0.4, 0.5) is 4.79 Å². The predicted molar refractivity (Wildman–Crippen MR) is 114 cm³/mol. The van der Waals surface area contributed by atoms with E-state index in [9.17, 15) is 22.8 Å². The molecule has 2 aromatic rings. The molecule has 0 aliphatic carbocycles. The van der Waals surface area contributed by atoms with E-state index < -0.39 is 34.5 Å². The molecule has 0 unspecified atom stereocenters. The van der Waals surface area contributed by atoms with Gasteiger partial charge in [-0.25, -0.2) is 22.7 Å². The number of imide groups is 1. The van der Waals surface area contributed by atoms with Crippen LogP contribution in [-0.4, -0.2) is 39.5 Å². The van der Waals surface area contributed by atoms with Crippen molar-refractivity contribution in [2.45, 2.75) is 11.4 Å². The van der Waals surface area contributed by atoms with Gasteiger partial charge in [-0.1, -0.05) is 48.0 Å². The monoisotopic (exact) mass is 465 g/mol. The molecule has 2 aromatic carbocycles. The van der Waals surface area contributed by atoms with Crippen LogP contribution < -0.4 is 15.4 Å². The highest BCUT2D eigenvalue weighted by Crippen LogP contribution is 2.23. The van der Waals surface area contributed by atoms with E-state index in [-0.39, 0.29) is 28.6 Å². The Bertz CT molecular complexity index is 1070. The molecule has 0 fully saturated rings. The van der Waals surface area contributed by atoms with Crippen molar-refractivity contribution in [1.29, 1.82) is 0 Å². The molecule has 0 spiro atoms. The van der Waals surface area contributed by atoms with Gasteiger partial charge in [0.25, 0.3) is 5.91 Å². The molecule has 0 saturated carbocycles. The van der Waals surface area contributed by atoms with E-state index in [1.54, 1.807) is 30.3 Å². The molecule has 164 valence electrons. The maximum absolute atomic E-state index is 12.6. The third-order valence-electron chi connectivity index (χ3n) is 3.76. The number of benzene rings is 2. The van der Waals surface area contributed by atoms with Gasteiger partial charge >= 0.3 is 12.0 Å². The summed E-state index contributed by atoms with van der Waals surface area (Å²) in [6.45, 7) is 2.85. The molecular formula is C20H20ClN3O6S. The van der Waals surface area contributed by atoms with Gasteiger partial charge in [-0.05, 0) is 23.8 Å². The zero-order chi connectivity index (χ0) is 22.9. The molecule has 0 aliphatic heterocycles. The van der Waals surface area contributed by atoms with E-state index >= 15 is 0 Å². The van der Waals surface area contributed by atoms with Gasteiger partial charge < -0.3 is 10.1 Å². The summed E-state index contributed by atoms with van der Waals surface area (Å²) in [5.74, 6) is -1.82. The van der Waals surface area contributed by atoms with Crippen molar-refractivity contribution in [2.24, 2.45) is 0 Å². The fourth-order valence-corrected chi connectivity index (χ4v) is 3.82. The second-order valence-electron chi connectivity index (χ2n) is 6.08. The summed E-state index contributed by atoms with van der Waals surface area (Å²) in [7, 11) is -4.03. The molecule has 0 aromatic heterocycles. The maximum atomic E-state index is 12.6. The number of halogens is 1. The molecular weight excluding hydrogens is 446 g/mol. The second kappa shape index (κ2) is 11.3. The van der Waals surface area contributed by atoms with E-state index in [1.807, 2.05) is 5.32 Å². The lowest BCUT2D eigenvalue weighted by atomic mass is 10.2. The van der Waals surface area contributed by atoms with Gasteiger partial charge in [0.1, 0.15) is 4.90 Å². The predicted octanol–water partition coefficient (Wildman–Crippen LogP) is 1.99. The Balaban J connectivity index is 2.02. The first-order chi connectivity index (χ1) is 14.7. The van der Waals surface area contributed by atoms with Crippen LogP contribution in [0.1, 0.15) is 15.9 Å². The number of sulfonamides is 1. The molecule has 9 nitrogen and oxygen atoms in total. The van der Waals surface area contributed by atoms with Gasteiger partial charge in [-0.2, -0.15) is 0 Å². The largest absolute Gasteiger partial charge is 0.452 e. The zero-order valence-corrected chi connectivity index (χ0v) is 17.8. The first-order valence-corrected chi connectivity index (χ1v) is 10.8. The Kier molecular flexibility index (Phi) is 8.74. The summed E-state index contributed by atoms with van der Waals surface area (Å²) in [5.41, 5.74) is 0.606. The molecule has 0 bridgehead atoms. The zero-order valence-electron chi connectivity index (χ0n) is 16.3. The Morgan fingerprint density at radius 2 is 1.81 bits per heavy atom. The van der Waals surface area contributed by atoms with Crippen molar-refractivity contribution in [3.63, 3.8) is 0 Å². The highest BCUT2D eigenvalue weighted by molar-refractivity contribution is 7.89. The number of carbonyl (C=O) groups is 3. The van der Waals surface area contributed by atoms with Crippen LogP contribution in [0.25, 0.3) is 0 Å². The number of ether oxygens (including phenoxy) is 1. The van der Waals surface area contributed by atoms with Gasteiger partial charge in [0.2, 0.25) is 10.0 Å². The second-order valence-corrected chi connectivity index (χ2v) is 8.22. The van der Waals surface area contributed by atoms with Gasteiger partial charge in [-0.15, -0.1) is 6.58 Å². The number of rotatable bonds is 9. The molecule has 0 saturated heterocycles. The van der Waals surface area contributed by atoms with E-state index in [1.165, 1.54) is 18.2 Å². The topological polar surface area (TPSA) is 131 Å². The molecule has 0 atom stereocenters. The summed E-state index contributed by atoms with van der Waals surface area (Å²) < 4.78 is 32.5. The van der Waals surface area contributed by atoms with E-state index in [0.29, 0.717) is 0 Å². The molecule has 0 heterocycles. The summed E-state index contributed by atoms with van der Waals surface area (Å²) in [6, 6.07) is 11.6. The van der Waals surface area contributed by atoms with Gasteiger partial charge in [0.15, 0.2) is 6.61 Å². The van der Waals surface area contributed by atoms with E-state index in [0.717, 1.165) is 11.6 Å². The first kappa shape index (κ1) is 24.1. The van der Waals surface area contributed by atoms with Crippen molar-refractivity contribution < 1.29 is 27.5 Å². The minimum atomic E-state index is -4.03. The third-order valence-corrected chi connectivity index (χ3v) is 5.64. The summed E-state index contributed by atoms with van der Waals surface area (Å²) in [4.78, 5) is 34.9.